The van der Waals surface area contributed by atoms with Gasteiger partial charge in [0.15, 0.2) is 0 Å². The van der Waals surface area contributed by atoms with E-state index in [9.17, 15) is 9.59 Å². The van der Waals surface area contributed by atoms with Gasteiger partial charge in [0, 0.05) is 0 Å². The fourth-order valence-electron chi connectivity index (χ4n) is 4.11. The summed E-state index contributed by atoms with van der Waals surface area (Å²) in [5.74, 6) is 2.55. The Labute approximate surface area is 146 Å². The van der Waals surface area contributed by atoms with Gasteiger partial charge in [0.1, 0.15) is 12.4 Å². The van der Waals surface area contributed by atoms with E-state index in [0.29, 0.717) is 5.75 Å². The van der Waals surface area contributed by atoms with Crippen LogP contribution in [0.3, 0.4) is 0 Å². The highest BCUT2D eigenvalue weighted by Gasteiger charge is 2.56. The molecule has 0 radical (unpaired) electrons. The number of hydrogen-bond donors (Lipinski definition) is 0. The van der Waals surface area contributed by atoms with Gasteiger partial charge >= 0.3 is 0 Å². The number of ether oxygens (including phenoxy) is 1. The second kappa shape index (κ2) is 6.21. The molecule has 0 aromatic heterocycles. The van der Waals surface area contributed by atoms with E-state index in [4.69, 9.17) is 11.2 Å². The topological polar surface area (TPSA) is 59.0 Å². The van der Waals surface area contributed by atoms with Crippen molar-refractivity contribution in [2.45, 2.75) is 12.8 Å². The number of hydrogen-bond acceptors (Lipinski definition) is 4. The van der Waals surface area contributed by atoms with Crippen LogP contribution in [-0.2, 0) is 9.59 Å². The summed E-state index contributed by atoms with van der Waals surface area (Å²) < 4.78 is 5.37. The highest BCUT2D eigenvalue weighted by atomic mass is 16.5. The zero-order chi connectivity index (χ0) is 17.4. The molecule has 5 nitrogen and oxygen atoms in total. The Bertz CT molecular complexity index is 788. The van der Waals surface area contributed by atoms with E-state index >= 15 is 0 Å². The van der Waals surface area contributed by atoms with Crippen LogP contribution < -0.4 is 4.74 Å². The lowest BCUT2D eigenvalue weighted by Crippen LogP contribution is -2.38. The number of amides is 2. The van der Waals surface area contributed by atoms with E-state index in [0.717, 1.165) is 23.4 Å². The van der Waals surface area contributed by atoms with Crippen molar-refractivity contribution in [1.82, 2.24) is 5.01 Å². The van der Waals surface area contributed by atoms with Gasteiger partial charge in [-0.15, -0.1) is 6.42 Å². The Morgan fingerprint density at radius 2 is 1.88 bits per heavy atom. The summed E-state index contributed by atoms with van der Waals surface area (Å²) in [7, 11) is 0. The molecule has 1 saturated heterocycles. The van der Waals surface area contributed by atoms with Gasteiger partial charge in [-0.05, 0) is 42.4 Å². The molecule has 2 fully saturated rings. The van der Waals surface area contributed by atoms with Crippen LogP contribution >= 0.6 is 0 Å². The normalized spacial score (nSPS) is 30.0. The SMILES string of the molecule is C#CCOc1cccc(/C=N\N2C(=O)[C@H]3[C@H](C2=O)[C@H]2C=C[C@H]3CC2)c1. The lowest BCUT2D eigenvalue weighted by Gasteiger charge is -2.37. The van der Waals surface area contributed by atoms with E-state index < -0.39 is 0 Å². The number of imide groups is 1. The number of rotatable bonds is 4. The van der Waals surface area contributed by atoms with Crippen molar-refractivity contribution in [3.63, 3.8) is 0 Å². The maximum Gasteiger partial charge on any atom is 0.254 e. The number of carbonyl (C=O) groups is 2. The quantitative estimate of drug-likeness (QED) is 0.367. The molecule has 0 spiro atoms. The Hall–Kier alpha value is -2.87. The predicted octanol–water partition coefficient (Wildman–Crippen LogP) is 2.23. The van der Waals surface area contributed by atoms with Crippen LogP contribution in [0.15, 0.2) is 41.5 Å². The third kappa shape index (κ3) is 2.64. The van der Waals surface area contributed by atoms with E-state index in [1.165, 1.54) is 6.21 Å². The van der Waals surface area contributed by atoms with Gasteiger partial charge in [0.2, 0.25) is 0 Å². The van der Waals surface area contributed by atoms with E-state index in [-0.39, 0.29) is 42.1 Å². The first-order valence-corrected chi connectivity index (χ1v) is 8.45. The van der Waals surface area contributed by atoms with Gasteiger partial charge in [0.25, 0.3) is 11.8 Å². The summed E-state index contributed by atoms with van der Waals surface area (Å²) in [6.07, 6.45) is 12.9. The van der Waals surface area contributed by atoms with Gasteiger partial charge in [-0.2, -0.15) is 10.1 Å². The maximum absolute atomic E-state index is 12.7. The highest BCUT2D eigenvalue weighted by Crippen LogP contribution is 2.49. The van der Waals surface area contributed by atoms with E-state index in [2.05, 4.69) is 23.2 Å². The summed E-state index contributed by atoms with van der Waals surface area (Å²) in [6.45, 7) is 0.183. The van der Waals surface area contributed by atoms with E-state index in [1.54, 1.807) is 12.1 Å². The van der Waals surface area contributed by atoms with Crippen molar-refractivity contribution in [3.05, 3.63) is 42.0 Å². The summed E-state index contributed by atoms with van der Waals surface area (Å²) in [4.78, 5) is 25.4. The van der Waals surface area contributed by atoms with E-state index in [1.807, 2.05) is 12.1 Å². The van der Waals surface area contributed by atoms with Gasteiger partial charge in [0.05, 0.1) is 18.1 Å². The molecule has 4 aliphatic rings. The summed E-state index contributed by atoms with van der Waals surface area (Å²) in [5.41, 5.74) is 0.742. The van der Waals surface area contributed by atoms with Crippen molar-refractivity contribution in [2.75, 3.05) is 6.61 Å². The fraction of sp³-hybridized carbons (Fsp3) is 0.350. The number of terminal acetylenes is 1. The Kier molecular flexibility index (Phi) is 3.89. The minimum absolute atomic E-state index is 0.173. The highest BCUT2D eigenvalue weighted by molar-refractivity contribution is 6.06. The number of fused-ring (bicyclic) bond motifs is 1. The van der Waals surface area contributed by atoms with Crippen molar-refractivity contribution in [1.29, 1.82) is 0 Å². The molecule has 25 heavy (non-hydrogen) atoms. The molecule has 4 atom stereocenters. The summed E-state index contributed by atoms with van der Waals surface area (Å²) in [5, 5.41) is 5.24. The second-order valence-corrected chi connectivity index (χ2v) is 6.64. The number of hydrazone groups is 1. The molecular formula is C20H18N2O3. The molecule has 2 bridgehead atoms. The Morgan fingerprint density at radius 3 is 2.48 bits per heavy atom. The van der Waals surface area contributed by atoms with Crippen molar-refractivity contribution in [2.24, 2.45) is 28.8 Å². The minimum Gasteiger partial charge on any atom is -0.481 e. The molecule has 1 aliphatic heterocycles. The van der Waals surface area contributed by atoms with Crippen molar-refractivity contribution >= 4 is 18.0 Å². The maximum atomic E-state index is 12.7. The molecule has 126 valence electrons. The minimum atomic E-state index is -0.237. The molecule has 1 saturated carbocycles. The third-order valence-electron chi connectivity index (χ3n) is 5.24. The molecule has 5 rings (SSSR count). The van der Waals surface area contributed by atoms with Crippen LogP contribution in [0.2, 0.25) is 0 Å². The number of allylic oxidation sites excluding steroid dienone is 2. The lowest BCUT2D eigenvalue weighted by molar-refractivity contribution is -0.140. The zero-order valence-corrected chi connectivity index (χ0v) is 13.7. The lowest BCUT2D eigenvalue weighted by atomic mass is 9.63. The standard InChI is InChI=1S/C20H18N2O3/c1-2-10-25-16-5-3-4-13(11-16)12-21-22-19(23)17-14-6-7-15(9-8-14)18(17)20(22)24/h1,3-7,11-12,14-15,17-18H,8-10H2/b21-12-/t14-,15-,17+,18+/m0/s1. The van der Waals surface area contributed by atoms with Crippen LogP contribution in [0.1, 0.15) is 18.4 Å². The predicted molar refractivity (Wildman–Crippen MR) is 92.6 cm³/mol. The smallest absolute Gasteiger partial charge is 0.254 e. The third-order valence-corrected chi connectivity index (χ3v) is 5.24. The molecule has 2 amide bonds. The number of benzene rings is 1. The average molecular weight is 334 g/mol. The molecule has 1 aromatic carbocycles. The monoisotopic (exact) mass is 334 g/mol. The molecule has 5 heteroatoms. The second-order valence-electron chi connectivity index (χ2n) is 6.64. The largest absolute Gasteiger partial charge is 0.481 e. The van der Waals surface area contributed by atoms with Crippen LogP contribution in [0, 0.1) is 36.0 Å². The first-order valence-electron chi connectivity index (χ1n) is 8.45. The molecule has 0 unspecified atom stereocenters. The van der Waals surface area contributed by atoms with Gasteiger partial charge in [-0.25, -0.2) is 0 Å². The molecule has 0 N–H and O–H groups in total. The summed E-state index contributed by atoms with van der Waals surface area (Å²) >= 11 is 0. The number of nitrogens with zero attached hydrogens (tertiary/aromatic N) is 2. The van der Waals surface area contributed by atoms with Crippen LogP contribution in [0.25, 0.3) is 0 Å². The van der Waals surface area contributed by atoms with Crippen molar-refractivity contribution < 1.29 is 14.3 Å². The molecule has 1 aromatic rings. The van der Waals surface area contributed by atoms with Gasteiger partial charge in [-0.3, -0.25) is 9.59 Å². The van der Waals surface area contributed by atoms with Gasteiger partial charge < -0.3 is 4.74 Å². The first kappa shape index (κ1) is 15.6. The average Bonchev–Trinajstić information content (AvgIpc) is 2.92. The van der Waals surface area contributed by atoms with Crippen LogP contribution in [0.5, 0.6) is 5.75 Å². The van der Waals surface area contributed by atoms with Crippen LogP contribution in [-0.4, -0.2) is 29.6 Å². The number of carbonyl (C=O) groups excluding carboxylic acids is 2. The van der Waals surface area contributed by atoms with Gasteiger partial charge in [-0.1, -0.05) is 30.2 Å². The van der Waals surface area contributed by atoms with Crippen LogP contribution in [0.4, 0.5) is 0 Å². The zero-order valence-electron chi connectivity index (χ0n) is 13.7. The Balaban J connectivity index is 1.54. The fourth-order valence-corrected chi connectivity index (χ4v) is 4.11. The molecule has 3 aliphatic carbocycles. The summed E-state index contributed by atoms with van der Waals surface area (Å²) in [6, 6.07) is 7.20. The van der Waals surface area contributed by atoms with Crippen molar-refractivity contribution in [3.8, 4) is 18.1 Å². The Morgan fingerprint density at radius 1 is 1.20 bits per heavy atom. The molecular weight excluding hydrogens is 316 g/mol. The molecule has 1 heterocycles. The first-order chi connectivity index (χ1) is 12.2.